The van der Waals surface area contributed by atoms with Gasteiger partial charge >= 0.3 is 0 Å². The number of ether oxygens (including phenoxy) is 1. The fourth-order valence-corrected chi connectivity index (χ4v) is 2.64. The number of carbonyl (C=O) groups is 1. The number of nitrogens with one attached hydrogen (secondary N) is 2. The van der Waals surface area contributed by atoms with Crippen molar-refractivity contribution in [2.75, 3.05) is 19.0 Å². The van der Waals surface area contributed by atoms with Crippen molar-refractivity contribution in [2.24, 2.45) is 0 Å². The van der Waals surface area contributed by atoms with Crippen molar-refractivity contribution in [1.29, 1.82) is 0 Å². The maximum Gasteiger partial charge on any atom is 0.254 e. The molecule has 3 rings (SSSR count). The lowest BCUT2D eigenvalue weighted by molar-refractivity contribution is 0.0950. The van der Waals surface area contributed by atoms with E-state index < -0.39 is 0 Å². The molecule has 2 aromatic carbocycles. The summed E-state index contributed by atoms with van der Waals surface area (Å²) < 4.78 is 5.15. The minimum Gasteiger partial charge on any atom is -0.497 e. The Morgan fingerprint density at radius 3 is 2.25 bits per heavy atom. The van der Waals surface area contributed by atoms with E-state index in [1.165, 1.54) is 23.5 Å². The number of nitrogens with zero attached hydrogens (tertiary/aromatic N) is 2. The predicted octanol–water partition coefficient (Wildman–Crippen LogP) is 3.38. The van der Waals surface area contributed by atoms with Crippen molar-refractivity contribution in [2.45, 2.75) is 19.9 Å². The van der Waals surface area contributed by atoms with Crippen LogP contribution in [-0.4, -0.2) is 29.5 Å². The Kier molecular flexibility index (Phi) is 6.57. The van der Waals surface area contributed by atoms with Crippen molar-refractivity contribution in [3.05, 3.63) is 83.2 Å². The second kappa shape index (κ2) is 9.50. The SMILES string of the molecule is COc1ccc(CCNc2ncc(C(=O)NCc3ccc(C)cc3)cn2)cc1. The van der Waals surface area contributed by atoms with E-state index in [9.17, 15) is 4.79 Å². The van der Waals surface area contributed by atoms with Gasteiger partial charge < -0.3 is 15.4 Å². The molecular weight excluding hydrogens is 352 g/mol. The Balaban J connectivity index is 1.45. The molecule has 0 aliphatic heterocycles. The molecule has 0 spiro atoms. The van der Waals surface area contributed by atoms with Gasteiger partial charge in [0.1, 0.15) is 5.75 Å². The Hall–Kier alpha value is -3.41. The van der Waals surface area contributed by atoms with Crippen molar-refractivity contribution in [3.63, 3.8) is 0 Å². The van der Waals surface area contributed by atoms with E-state index in [2.05, 4.69) is 20.6 Å². The van der Waals surface area contributed by atoms with Gasteiger partial charge in [-0.15, -0.1) is 0 Å². The lowest BCUT2D eigenvalue weighted by Crippen LogP contribution is -2.23. The highest BCUT2D eigenvalue weighted by Crippen LogP contribution is 2.12. The van der Waals surface area contributed by atoms with Gasteiger partial charge in [-0.3, -0.25) is 4.79 Å². The lowest BCUT2D eigenvalue weighted by atomic mass is 10.1. The maximum atomic E-state index is 12.2. The molecule has 3 aromatic rings. The Labute approximate surface area is 165 Å². The van der Waals surface area contributed by atoms with Crippen LogP contribution in [0.3, 0.4) is 0 Å². The van der Waals surface area contributed by atoms with E-state index in [0.717, 1.165) is 17.7 Å². The van der Waals surface area contributed by atoms with Gasteiger partial charge in [0.25, 0.3) is 5.91 Å². The smallest absolute Gasteiger partial charge is 0.254 e. The van der Waals surface area contributed by atoms with Crippen LogP contribution in [0.5, 0.6) is 5.75 Å². The summed E-state index contributed by atoms with van der Waals surface area (Å²) in [6.45, 7) is 3.21. The summed E-state index contributed by atoms with van der Waals surface area (Å²) in [6, 6.07) is 16.0. The molecule has 0 fully saturated rings. The van der Waals surface area contributed by atoms with E-state index in [1.54, 1.807) is 7.11 Å². The number of amides is 1. The number of hydrogen-bond donors (Lipinski definition) is 2. The highest BCUT2D eigenvalue weighted by Gasteiger charge is 2.07. The van der Waals surface area contributed by atoms with Crippen LogP contribution in [0, 0.1) is 6.92 Å². The number of aryl methyl sites for hydroxylation is 1. The van der Waals surface area contributed by atoms with Crippen molar-refractivity contribution < 1.29 is 9.53 Å². The number of hydrogen-bond acceptors (Lipinski definition) is 5. The molecule has 0 atom stereocenters. The Morgan fingerprint density at radius 2 is 1.61 bits per heavy atom. The monoisotopic (exact) mass is 376 g/mol. The fourth-order valence-electron chi connectivity index (χ4n) is 2.64. The van der Waals surface area contributed by atoms with Crippen LogP contribution in [0.15, 0.2) is 60.9 Å². The minimum absolute atomic E-state index is 0.189. The summed E-state index contributed by atoms with van der Waals surface area (Å²) >= 11 is 0. The van der Waals surface area contributed by atoms with Crippen LogP contribution < -0.4 is 15.4 Å². The summed E-state index contributed by atoms with van der Waals surface area (Å²) in [4.78, 5) is 20.7. The molecule has 0 saturated heterocycles. The van der Waals surface area contributed by atoms with Gasteiger partial charge in [-0.25, -0.2) is 9.97 Å². The van der Waals surface area contributed by atoms with Crippen molar-refractivity contribution in [1.82, 2.24) is 15.3 Å². The molecule has 0 radical (unpaired) electrons. The topological polar surface area (TPSA) is 76.1 Å². The standard InChI is InChI=1S/C22H24N4O2/c1-16-3-5-18(6-4-16)13-24-21(27)19-14-25-22(26-15-19)23-12-11-17-7-9-20(28-2)10-8-17/h3-10,14-15H,11-13H2,1-2H3,(H,24,27)(H,23,25,26). The summed E-state index contributed by atoms with van der Waals surface area (Å²) in [5.41, 5.74) is 3.88. The molecule has 0 bridgehead atoms. The van der Waals surface area contributed by atoms with E-state index in [-0.39, 0.29) is 5.91 Å². The van der Waals surface area contributed by atoms with Gasteiger partial charge in [-0.05, 0) is 36.6 Å². The van der Waals surface area contributed by atoms with Gasteiger partial charge in [0, 0.05) is 25.5 Å². The largest absolute Gasteiger partial charge is 0.497 e. The highest BCUT2D eigenvalue weighted by molar-refractivity contribution is 5.93. The predicted molar refractivity (Wildman–Crippen MR) is 110 cm³/mol. The minimum atomic E-state index is -0.189. The summed E-state index contributed by atoms with van der Waals surface area (Å²) in [7, 11) is 1.65. The molecule has 6 heteroatoms. The average Bonchev–Trinajstić information content (AvgIpc) is 2.74. The summed E-state index contributed by atoms with van der Waals surface area (Å²) in [5, 5.41) is 6.04. The fraction of sp³-hybridized carbons (Fsp3) is 0.227. The van der Waals surface area contributed by atoms with Crippen LogP contribution >= 0.6 is 0 Å². The van der Waals surface area contributed by atoms with Crippen LogP contribution in [0.25, 0.3) is 0 Å². The van der Waals surface area contributed by atoms with Gasteiger partial charge in [0.2, 0.25) is 5.95 Å². The van der Waals surface area contributed by atoms with Gasteiger partial charge in [-0.2, -0.15) is 0 Å². The molecule has 2 N–H and O–H groups in total. The Bertz CT molecular complexity index is 891. The highest BCUT2D eigenvalue weighted by atomic mass is 16.5. The summed E-state index contributed by atoms with van der Waals surface area (Å²) in [6.07, 6.45) is 3.91. The van der Waals surface area contributed by atoms with E-state index in [4.69, 9.17) is 4.74 Å². The second-order valence-electron chi connectivity index (χ2n) is 6.49. The van der Waals surface area contributed by atoms with Crippen LogP contribution in [0.1, 0.15) is 27.0 Å². The normalized spacial score (nSPS) is 10.4. The zero-order valence-corrected chi connectivity index (χ0v) is 16.1. The van der Waals surface area contributed by atoms with Crippen LogP contribution in [-0.2, 0) is 13.0 Å². The van der Waals surface area contributed by atoms with E-state index in [0.29, 0.717) is 24.6 Å². The number of methoxy groups -OCH3 is 1. The number of aromatic nitrogens is 2. The third kappa shape index (κ3) is 5.54. The van der Waals surface area contributed by atoms with Gasteiger partial charge in [-0.1, -0.05) is 42.0 Å². The van der Waals surface area contributed by atoms with E-state index >= 15 is 0 Å². The van der Waals surface area contributed by atoms with Crippen molar-refractivity contribution in [3.8, 4) is 5.75 Å². The molecule has 1 amide bonds. The van der Waals surface area contributed by atoms with Crippen LogP contribution in [0.2, 0.25) is 0 Å². The second-order valence-corrected chi connectivity index (χ2v) is 6.49. The Morgan fingerprint density at radius 1 is 0.964 bits per heavy atom. The lowest BCUT2D eigenvalue weighted by Gasteiger charge is -2.07. The molecule has 1 aromatic heterocycles. The number of rotatable bonds is 8. The molecule has 0 unspecified atom stereocenters. The molecule has 144 valence electrons. The first-order valence-electron chi connectivity index (χ1n) is 9.16. The molecule has 0 aliphatic carbocycles. The average molecular weight is 376 g/mol. The quantitative estimate of drug-likeness (QED) is 0.630. The number of carbonyl (C=O) groups excluding carboxylic acids is 1. The zero-order valence-electron chi connectivity index (χ0n) is 16.1. The van der Waals surface area contributed by atoms with Crippen LogP contribution in [0.4, 0.5) is 5.95 Å². The summed E-state index contributed by atoms with van der Waals surface area (Å²) in [5.74, 6) is 1.16. The first-order valence-corrected chi connectivity index (χ1v) is 9.16. The molecule has 0 saturated carbocycles. The molecule has 0 aliphatic rings. The number of anilines is 1. The van der Waals surface area contributed by atoms with Crippen molar-refractivity contribution >= 4 is 11.9 Å². The van der Waals surface area contributed by atoms with Gasteiger partial charge in [0.15, 0.2) is 0 Å². The molecule has 28 heavy (non-hydrogen) atoms. The third-order valence-corrected chi connectivity index (χ3v) is 4.34. The maximum absolute atomic E-state index is 12.2. The molecule has 1 heterocycles. The first-order chi connectivity index (χ1) is 13.6. The molecule has 6 nitrogen and oxygen atoms in total. The third-order valence-electron chi connectivity index (χ3n) is 4.34. The first kappa shape index (κ1) is 19.4. The number of benzene rings is 2. The van der Waals surface area contributed by atoms with E-state index in [1.807, 2.05) is 55.5 Å². The van der Waals surface area contributed by atoms with Gasteiger partial charge in [0.05, 0.1) is 12.7 Å². The molecular formula is C22H24N4O2. The zero-order chi connectivity index (χ0) is 19.8.